The van der Waals surface area contributed by atoms with Crippen molar-refractivity contribution in [2.75, 3.05) is 11.4 Å². The number of carboxylic acid groups (broad SMARTS) is 1. The van der Waals surface area contributed by atoms with Gasteiger partial charge in [-0.15, -0.1) is 0 Å². The predicted molar refractivity (Wildman–Crippen MR) is 77.5 cm³/mol. The molecule has 1 aliphatic rings. The van der Waals surface area contributed by atoms with Gasteiger partial charge in [0.25, 0.3) is 0 Å². The van der Waals surface area contributed by atoms with E-state index in [1.807, 2.05) is 24.3 Å². The molecule has 1 aromatic carbocycles. The first kappa shape index (κ1) is 13.1. The Hall–Kier alpha value is -1.95. The van der Waals surface area contributed by atoms with Gasteiger partial charge in [0.15, 0.2) is 0 Å². The van der Waals surface area contributed by atoms with Gasteiger partial charge < -0.3 is 5.11 Å². The van der Waals surface area contributed by atoms with Crippen LogP contribution >= 0.6 is 15.9 Å². The minimum absolute atomic E-state index is 0.0292. The fraction of sp³-hybridized carbons (Fsp3) is 0.214. The Morgan fingerprint density at radius 1 is 1.35 bits per heavy atom. The van der Waals surface area contributed by atoms with E-state index in [1.54, 1.807) is 6.20 Å². The molecule has 1 saturated heterocycles. The second-order valence-electron chi connectivity index (χ2n) is 4.72. The van der Waals surface area contributed by atoms with Crippen molar-refractivity contribution in [2.24, 2.45) is 5.92 Å². The van der Waals surface area contributed by atoms with Crippen LogP contribution in [0.25, 0.3) is 10.8 Å². The van der Waals surface area contributed by atoms with E-state index in [9.17, 15) is 9.59 Å². The summed E-state index contributed by atoms with van der Waals surface area (Å²) in [5.74, 6) is -1.27. The van der Waals surface area contributed by atoms with Gasteiger partial charge in [0.2, 0.25) is 5.91 Å². The molecule has 0 saturated carbocycles. The molecule has 1 atom stereocenters. The molecule has 20 heavy (non-hydrogen) atoms. The zero-order valence-corrected chi connectivity index (χ0v) is 12.0. The summed E-state index contributed by atoms with van der Waals surface area (Å²) in [6.07, 6.45) is 1.67. The summed E-state index contributed by atoms with van der Waals surface area (Å²) < 4.78 is 0.846. The van der Waals surface area contributed by atoms with Gasteiger partial charge in [0.05, 0.1) is 5.92 Å². The van der Waals surface area contributed by atoms with Crippen LogP contribution < -0.4 is 4.90 Å². The van der Waals surface area contributed by atoms with Crippen molar-refractivity contribution in [1.82, 2.24) is 4.98 Å². The molecule has 1 unspecified atom stereocenters. The standard InChI is InChI=1S/C14H11BrN2O3/c15-11-6-16-13(10-4-2-1-3-9(10)11)17-7-8(14(19)20)5-12(17)18/h1-4,6,8H,5,7H2,(H,19,20). The van der Waals surface area contributed by atoms with Crippen LogP contribution in [0.1, 0.15) is 6.42 Å². The molecular formula is C14H11BrN2O3. The highest BCUT2D eigenvalue weighted by Crippen LogP contribution is 2.33. The number of fused-ring (bicyclic) bond motifs is 1. The Morgan fingerprint density at radius 3 is 2.70 bits per heavy atom. The maximum absolute atomic E-state index is 12.0. The Balaban J connectivity index is 2.09. The number of halogens is 1. The van der Waals surface area contributed by atoms with Crippen molar-refractivity contribution in [2.45, 2.75) is 6.42 Å². The average molecular weight is 335 g/mol. The normalized spacial score (nSPS) is 18.8. The van der Waals surface area contributed by atoms with Gasteiger partial charge >= 0.3 is 5.97 Å². The molecule has 102 valence electrons. The van der Waals surface area contributed by atoms with E-state index < -0.39 is 11.9 Å². The highest BCUT2D eigenvalue weighted by molar-refractivity contribution is 9.10. The third kappa shape index (κ3) is 2.06. The number of benzene rings is 1. The lowest BCUT2D eigenvalue weighted by atomic mass is 10.1. The van der Waals surface area contributed by atoms with Crippen LogP contribution in [0.15, 0.2) is 34.9 Å². The Bertz CT molecular complexity index is 717. The van der Waals surface area contributed by atoms with Crippen molar-refractivity contribution < 1.29 is 14.7 Å². The Kier molecular flexibility index (Phi) is 3.17. The zero-order chi connectivity index (χ0) is 14.3. The Labute approximate surface area is 123 Å². The van der Waals surface area contributed by atoms with Gasteiger partial charge in [0.1, 0.15) is 5.82 Å². The largest absolute Gasteiger partial charge is 0.481 e. The molecule has 0 bridgehead atoms. The minimum Gasteiger partial charge on any atom is -0.481 e. The first-order valence-electron chi connectivity index (χ1n) is 6.14. The molecule has 3 rings (SSSR count). The second-order valence-corrected chi connectivity index (χ2v) is 5.57. The van der Waals surface area contributed by atoms with E-state index in [1.165, 1.54) is 4.90 Å². The molecule has 0 radical (unpaired) electrons. The maximum Gasteiger partial charge on any atom is 0.308 e. The fourth-order valence-electron chi connectivity index (χ4n) is 2.44. The van der Waals surface area contributed by atoms with E-state index in [2.05, 4.69) is 20.9 Å². The number of pyridine rings is 1. The lowest BCUT2D eigenvalue weighted by Crippen LogP contribution is -2.26. The van der Waals surface area contributed by atoms with Crippen LogP contribution in [0.4, 0.5) is 5.82 Å². The number of aliphatic carboxylic acids is 1. The molecule has 6 heteroatoms. The van der Waals surface area contributed by atoms with E-state index in [0.29, 0.717) is 5.82 Å². The number of hydrogen-bond acceptors (Lipinski definition) is 3. The number of carboxylic acids is 1. The molecule has 1 N–H and O–H groups in total. The summed E-state index contributed by atoms with van der Waals surface area (Å²) >= 11 is 3.43. The summed E-state index contributed by atoms with van der Waals surface area (Å²) in [5, 5.41) is 10.8. The summed E-state index contributed by atoms with van der Waals surface area (Å²) in [7, 11) is 0. The summed E-state index contributed by atoms with van der Waals surface area (Å²) in [4.78, 5) is 28.8. The molecule has 0 spiro atoms. The van der Waals surface area contributed by atoms with E-state index in [0.717, 1.165) is 15.2 Å². The van der Waals surface area contributed by atoms with Crippen LogP contribution in [-0.4, -0.2) is 28.5 Å². The first-order chi connectivity index (χ1) is 9.58. The number of hydrogen-bond donors (Lipinski definition) is 1. The van der Waals surface area contributed by atoms with E-state index >= 15 is 0 Å². The van der Waals surface area contributed by atoms with Gasteiger partial charge in [-0.3, -0.25) is 14.5 Å². The zero-order valence-electron chi connectivity index (χ0n) is 10.4. The van der Waals surface area contributed by atoms with Crippen LogP contribution in [0.3, 0.4) is 0 Å². The number of carbonyl (C=O) groups is 2. The first-order valence-corrected chi connectivity index (χ1v) is 6.93. The summed E-state index contributed by atoms with van der Waals surface area (Å²) in [6.45, 7) is 0.173. The average Bonchev–Trinajstić information content (AvgIpc) is 2.82. The summed E-state index contributed by atoms with van der Waals surface area (Å²) in [6, 6.07) is 7.58. The summed E-state index contributed by atoms with van der Waals surface area (Å²) in [5.41, 5.74) is 0. The highest BCUT2D eigenvalue weighted by atomic mass is 79.9. The molecule has 1 amide bonds. The maximum atomic E-state index is 12.0. The number of rotatable bonds is 2. The molecule has 0 aliphatic carbocycles. The third-order valence-electron chi connectivity index (χ3n) is 3.46. The minimum atomic E-state index is -0.942. The number of aromatic nitrogens is 1. The lowest BCUT2D eigenvalue weighted by molar-refractivity contribution is -0.141. The third-order valence-corrected chi connectivity index (χ3v) is 4.09. The van der Waals surface area contributed by atoms with Crippen molar-refractivity contribution in [3.63, 3.8) is 0 Å². The van der Waals surface area contributed by atoms with Gasteiger partial charge in [-0.05, 0) is 15.9 Å². The molecule has 5 nitrogen and oxygen atoms in total. The van der Waals surface area contributed by atoms with Crippen molar-refractivity contribution in [3.8, 4) is 0 Å². The molecule has 1 fully saturated rings. The van der Waals surface area contributed by atoms with Crippen LogP contribution in [0, 0.1) is 5.92 Å². The predicted octanol–water partition coefficient (Wildman–Crippen LogP) is 2.43. The fourth-order valence-corrected chi connectivity index (χ4v) is 2.88. The van der Waals surface area contributed by atoms with Gasteiger partial charge in [-0.25, -0.2) is 4.98 Å². The number of anilines is 1. The van der Waals surface area contributed by atoms with Gasteiger partial charge in [-0.1, -0.05) is 24.3 Å². The molecule has 1 aromatic heterocycles. The monoisotopic (exact) mass is 334 g/mol. The Morgan fingerprint density at radius 2 is 2.05 bits per heavy atom. The van der Waals surface area contributed by atoms with Gasteiger partial charge in [-0.2, -0.15) is 0 Å². The number of carbonyl (C=O) groups excluding carboxylic acids is 1. The molecular weight excluding hydrogens is 324 g/mol. The van der Waals surface area contributed by atoms with Crippen LogP contribution in [-0.2, 0) is 9.59 Å². The highest BCUT2D eigenvalue weighted by Gasteiger charge is 2.36. The van der Waals surface area contributed by atoms with Gasteiger partial charge in [0, 0.05) is 34.4 Å². The van der Waals surface area contributed by atoms with E-state index in [4.69, 9.17) is 5.11 Å². The number of amides is 1. The molecule has 2 aromatic rings. The van der Waals surface area contributed by atoms with E-state index in [-0.39, 0.29) is 18.9 Å². The second kappa shape index (κ2) is 4.86. The van der Waals surface area contributed by atoms with Crippen molar-refractivity contribution in [1.29, 1.82) is 0 Å². The SMILES string of the molecule is O=C(O)C1CC(=O)N(c2ncc(Br)c3ccccc23)C1. The van der Waals surface area contributed by atoms with Crippen molar-refractivity contribution in [3.05, 3.63) is 34.9 Å². The topological polar surface area (TPSA) is 70.5 Å². The van der Waals surface area contributed by atoms with Crippen LogP contribution in [0.2, 0.25) is 0 Å². The van der Waals surface area contributed by atoms with Crippen LogP contribution in [0.5, 0.6) is 0 Å². The molecule has 1 aliphatic heterocycles. The quantitative estimate of drug-likeness (QED) is 0.915. The molecule has 2 heterocycles. The smallest absolute Gasteiger partial charge is 0.308 e. The number of nitrogens with zero attached hydrogens (tertiary/aromatic N) is 2. The van der Waals surface area contributed by atoms with Crippen molar-refractivity contribution >= 4 is 44.4 Å². The lowest BCUT2D eigenvalue weighted by Gasteiger charge is -2.17.